The van der Waals surface area contributed by atoms with Crippen LogP contribution in [0.3, 0.4) is 0 Å². The van der Waals surface area contributed by atoms with E-state index in [1.807, 2.05) is 0 Å². The Morgan fingerprint density at radius 2 is 1.72 bits per heavy atom. The first-order chi connectivity index (χ1) is 20.2. The van der Waals surface area contributed by atoms with Crippen LogP contribution in [0, 0.1) is 5.82 Å². The molecule has 1 atom stereocenters. The summed E-state index contributed by atoms with van der Waals surface area (Å²) < 4.78 is 54.5. The maximum absolute atomic E-state index is 14.8. The Hall–Kier alpha value is -3.62. The zero-order valence-corrected chi connectivity index (χ0v) is 24.2. The standard InChI is InChI=1S/C27H25Cl2F4N5O5/c1-26(5-2-6-37(26)43-25(42)27(31,32)33)24(41)36-9-7-35(8-10-36)23(40)17-12-15(3-4-19(17)30)11-16-14-34-22(39)20-13-18(28)21(29)38(16)20/h3-4,12-14H,2,5-11H2,1H3,(H,34,39). The van der Waals surface area contributed by atoms with Gasteiger partial charge >= 0.3 is 12.1 Å². The van der Waals surface area contributed by atoms with Crippen LogP contribution in [0.4, 0.5) is 17.6 Å². The Kier molecular flexibility index (Phi) is 8.22. The molecular formula is C27H25Cl2F4N5O5. The highest BCUT2D eigenvalue weighted by Crippen LogP contribution is 2.33. The van der Waals surface area contributed by atoms with Gasteiger partial charge in [0.25, 0.3) is 11.5 Å². The fourth-order valence-electron chi connectivity index (χ4n) is 5.45. The zero-order chi connectivity index (χ0) is 31.3. The molecule has 2 saturated heterocycles. The summed E-state index contributed by atoms with van der Waals surface area (Å²) in [7, 11) is 0. The molecule has 16 heteroatoms. The van der Waals surface area contributed by atoms with E-state index in [-0.39, 0.29) is 66.8 Å². The molecule has 5 rings (SSSR count). The minimum atomic E-state index is -5.21. The molecule has 0 aliphatic carbocycles. The molecule has 0 bridgehead atoms. The molecule has 1 aromatic carbocycles. The van der Waals surface area contributed by atoms with E-state index < -0.39 is 40.9 Å². The van der Waals surface area contributed by atoms with E-state index in [4.69, 9.17) is 23.2 Å². The molecule has 2 fully saturated rings. The Morgan fingerprint density at radius 3 is 2.40 bits per heavy atom. The lowest BCUT2D eigenvalue weighted by Crippen LogP contribution is -2.60. The second-order valence-corrected chi connectivity index (χ2v) is 11.3. The minimum absolute atomic E-state index is 0.0354. The number of piperazine rings is 1. The number of nitrogens with zero attached hydrogens (tertiary/aromatic N) is 4. The van der Waals surface area contributed by atoms with Crippen LogP contribution in [0.1, 0.15) is 41.4 Å². The summed E-state index contributed by atoms with van der Waals surface area (Å²) in [6.45, 7) is 1.56. The highest BCUT2D eigenvalue weighted by molar-refractivity contribution is 6.42. The summed E-state index contributed by atoms with van der Waals surface area (Å²) >= 11 is 12.4. The summed E-state index contributed by atoms with van der Waals surface area (Å²) in [6.07, 6.45) is -3.06. The molecule has 0 saturated carbocycles. The molecule has 2 aliphatic rings. The Bertz CT molecular complexity index is 1670. The number of alkyl halides is 3. The van der Waals surface area contributed by atoms with E-state index in [2.05, 4.69) is 9.82 Å². The molecule has 2 amide bonds. The van der Waals surface area contributed by atoms with E-state index in [0.29, 0.717) is 17.7 Å². The normalized spacial score (nSPS) is 19.7. The highest BCUT2D eigenvalue weighted by atomic mass is 35.5. The highest BCUT2D eigenvalue weighted by Gasteiger charge is 2.51. The van der Waals surface area contributed by atoms with Gasteiger partial charge in [-0.25, -0.2) is 9.18 Å². The van der Waals surface area contributed by atoms with E-state index in [9.17, 15) is 36.7 Å². The average molecular weight is 646 g/mol. The molecule has 43 heavy (non-hydrogen) atoms. The summed E-state index contributed by atoms with van der Waals surface area (Å²) in [5.41, 5.74) is -0.765. The summed E-state index contributed by atoms with van der Waals surface area (Å²) in [5.74, 6) is -4.29. The van der Waals surface area contributed by atoms with Crippen LogP contribution in [0.5, 0.6) is 0 Å². The van der Waals surface area contributed by atoms with Crippen molar-refractivity contribution < 1.29 is 36.8 Å². The van der Waals surface area contributed by atoms with Gasteiger partial charge < -0.3 is 19.6 Å². The first-order valence-electron chi connectivity index (χ1n) is 13.2. The predicted octanol–water partition coefficient (Wildman–Crippen LogP) is 3.82. The monoisotopic (exact) mass is 645 g/mol. The molecule has 230 valence electrons. The molecular weight excluding hydrogens is 621 g/mol. The van der Waals surface area contributed by atoms with E-state index >= 15 is 0 Å². The van der Waals surface area contributed by atoms with Crippen molar-refractivity contribution in [3.63, 3.8) is 0 Å². The number of fused-ring (bicyclic) bond motifs is 1. The van der Waals surface area contributed by atoms with Crippen LogP contribution in [0.25, 0.3) is 5.52 Å². The van der Waals surface area contributed by atoms with Crippen molar-refractivity contribution >= 4 is 46.5 Å². The van der Waals surface area contributed by atoms with Gasteiger partial charge in [0.2, 0.25) is 5.91 Å². The van der Waals surface area contributed by atoms with Gasteiger partial charge in [0.1, 0.15) is 22.0 Å². The summed E-state index contributed by atoms with van der Waals surface area (Å²) in [6, 6.07) is 5.49. The Labute approximate surface area is 251 Å². The van der Waals surface area contributed by atoms with Crippen molar-refractivity contribution in [1.82, 2.24) is 24.2 Å². The smallest absolute Gasteiger partial charge is 0.360 e. The van der Waals surface area contributed by atoms with E-state index in [1.54, 1.807) is 0 Å². The topological polar surface area (TPSA) is 107 Å². The lowest BCUT2D eigenvalue weighted by Gasteiger charge is -2.40. The largest absolute Gasteiger partial charge is 0.492 e. The number of aromatic amines is 1. The lowest BCUT2D eigenvalue weighted by atomic mass is 9.97. The number of aromatic nitrogens is 2. The van der Waals surface area contributed by atoms with Crippen molar-refractivity contribution in [3.05, 3.63) is 73.6 Å². The first kappa shape index (κ1) is 30.8. The first-order valence-corrected chi connectivity index (χ1v) is 14.0. The second kappa shape index (κ2) is 11.5. The van der Waals surface area contributed by atoms with E-state index in [1.165, 1.54) is 45.5 Å². The fraction of sp³-hybridized carbons (Fsp3) is 0.407. The number of H-pyrrole nitrogens is 1. The zero-order valence-electron chi connectivity index (χ0n) is 22.6. The Morgan fingerprint density at radius 1 is 1.05 bits per heavy atom. The maximum Gasteiger partial charge on any atom is 0.492 e. The number of amides is 2. The number of nitrogens with one attached hydrogen (secondary N) is 1. The number of hydrogen-bond acceptors (Lipinski definition) is 6. The van der Waals surface area contributed by atoms with Gasteiger partial charge in [-0.3, -0.25) is 18.8 Å². The second-order valence-electron chi connectivity index (χ2n) is 10.5. The molecule has 2 aromatic heterocycles. The van der Waals surface area contributed by atoms with Crippen molar-refractivity contribution in [2.75, 3.05) is 32.7 Å². The molecule has 1 unspecified atom stereocenters. The summed E-state index contributed by atoms with van der Waals surface area (Å²) in [4.78, 5) is 60.1. The molecule has 1 N–H and O–H groups in total. The van der Waals surface area contributed by atoms with Gasteiger partial charge in [0.15, 0.2) is 0 Å². The number of benzene rings is 1. The van der Waals surface area contributed by atoms with Crippen molar-refractivity contribution in [1.29, 1.82) is 0 Å². The molecule has 10 nitrogen and oxygen atoms in total. The number of carbonyl (C=O) groups excluding carboxylic acids is 3. The third-order valence-corrected chi connectivity index (χ3v) is 8.51. The predicted molar refractivity (Wildman–Crippen MR) is 146 cm³/mol. The third kappa shape index (κ3) is 5.83. The molecule has 0 radical (unpaired) electrons. The van der Waals surface area contributed by atoms with Gasteiger partial charge in [-0.15, -0.1) is 5.06 Å². The molecule has 0 spiro atoms. The van der Waals surface area contributed by atoms with Crippen molar-refractivity contribution in [3.8, 4) is 0 Å². The number of rotatable bonds is 5. The molecule has 2 aliphatic heterocycles. The Balaban J connectivity index is 1.27. The number of carbonyl (C=O) groups is 3. The van der Waals surface area contributed by atoms with Crippen LogP contribution in [0.2, 0.25) is 10.2 Å². The van der Waals surface area contributed by atoms with Gasteiger partial charge in [-0.05, 0) is 43.5 Å². The maximum atomic E-state index is 14.8. The molecule has 4 heterocycles. The number of hydroxylamine groups is 2. The third-order valence-electron chi connectivity index (χ3n) is 7.75. The van der Waals surface area contributed by atoms with Crippen LogP contribution in [-0.2, 0) is 20.8 Å². The van der Waals surface area contributed by atoms with Crippen LogP contribution in [0.15, 0.2) is 35.3 Å². The SMILES string of the molecule is CC1(C(=O)N2CCN(C(=O)c3cc(Cc4c[nH]c(=O)c5cc(Cl)c(Cl)n45)ccc3F)CC2)CCCN1OC(=O)C(F)(F)F. The van der Waals surface area contributed by atoms with Crippen molar-refractivity contribution in [2.24, 2.45) is 0 Å². The summed E-state index contributed by atoms with van der Waals surface area (Å²) in [5, 5.41) is 1.09. The fourth-order valence-corrected chi connectivity index (χ4v) is 5.89. The van der Waals surface area contributed by atoms with Gasteiger partial charge in [0.05, 0.1) is 10.6 Å². The number of hydrogen-bond donors (Lipinski definition) is 1. The van der Waals surface area contributed by atoms with E-state index in [0.717, 1.165) is 11.1 Å². The molecule has 3 aromatic rings. The quantitative estimate of drug-likeness (QED) is 0.423. The van der Waals surface area contributed by atoms with Gasteiger partial charge in [0, 0.05) is 51.0 Å². The average Bonchev–Trinajstić information content (AvgIpc) is 3.49. The van der Waals surface area contributed by atoms with Crippen LogP contribution < -0.4 is 5.56 Å². The van der Waals surface area contributed by atoms with Gasteiger partial charge in [-0.1, -0.05) is 29.3 Å². The number of halogens is 6. The minimum Gasteiger partial charge on any atom is -0.360 e. The van der Waals surface area contributed by atoms with Crippen LogP contribution in [-0.4, -0.2) is 86.5 Å². The van der Waals surface area contributed by atoms with Crippen molar-refractivity contribution in [2.45, 2.75) is 37.9 Å². The van der Waals surface area contributed by atoms with Gasteiger partial charge in [-0.2, -0.15) is 13.2 Å². The lowest BCUT2D eigenvalue weighted by molar-refractivity contribution is -0.250. The van der Waals surface area contributed by atoms with Crippen LogP contribution >= 0.6 is 23.2 Å².